The molecule has 0 heterocycles. The number of nitrogens with one attached hydrogen (secondary N) is 2. The zero-order valence-electron chi connectivity index (χ0n) is 11.7. The van der Waals surface area contributed by atoms with Crippen LogP contribution in [0.5, 0.6) is 0 Å². The van der Waals surface area contributed by atoms with Crippen LogP contribution >= 0.6 is 11.8 Å². The van der Waals surface area contributed by atoms with Gasteiger partial charge in [-0.05, 0) is 25.2 Å². The Morgan fingerprint density at radius 3 is 2.86 bits per heavy atom. The molecular weight excluding hydrogens is 292 g/mol. The fraction of sp³-hybridized carbons (Fsp3) is 0.462. The third kappa shape index (κ3) is 3.45. The van der Waals surface area contributed by atoms with Gasteiger partial charge in [-0.25, -0.2) is 0 Å². The van der Waals surface area contributed by atoms with Gasteiger partial charge in [0.15, 0.2) is 0 Å². The van der Waals surface area contributed by atoms with Crippen LogP contribution < -0.4 is 16.6 Å². The molecule has 7 nitrogen and oxygen atoms in total. The van der Waals surface area contributed by atoms with Crippen molar-refractivity contribution in [2.24, 2.45) is 5.84 Å². The average molecular weight is 310 g/mol. The van der Waals surface area contributed by atoms with Crippen LogP contribution in [-0.4, -0.2) is 28.4 Å². The third-order valence-corrected chi connectivity index (χ3v) is 4.86. The van der Waals surface area contributed by atoms with Crippen LogP contribution in [0.25, 0.3) is 0 Å². The molecular formula is C13H18N4O3S. The van der Waals surface area contributed by atoms with Crippen molar-refractivity contribution in [2.45, 2.75) is 30.6 Å². The second-order valence-corrected chi connectivity index (χ2v) is 5.99. The monoisotopic (exact) mass is 310 g/mol. The zero-order chi connectivity index (χ0) is 15.4. The number of thioether (sulfide) groups is 1. The molecule has 0 bridgehead atoms. The molecule has 1 amide bonds. The van der Waals surface area contributed by atoms with Crippen molar-refractivity contribution < 1.29 is 9.72 Å². The van der Waals surface area contributed by atoms with E-state index in [1.54, 1.807) is 11.8 Å². The zero-order valence-corrected chi connectivity index (χ0v) is 12.5. The van der Waals surface area contributed by atoms with E-state index in [9.17, 15) is 14.9 Å². The molecule has 0 radical (unpaired) electrons. The number of nitro benzene ring substituents is 1. The van der Waals surface area contributed by atoms with Crippen LogP contribution in [0.3, 0.4) is 0 Å². The van der Waals surface area contributed by atoms with Gasteiger partial charge >= 0.3 is 0 Å². The lowest BCUT2D eigenvalue weighted by Crippen LogP contribution is -2.39. The maximum atomic E-state index is 12.4. The van der Waals surface area contributed by atoms with Crippen LogP contribution in [0.1, 0.15) is 29.6 Å². The fourth-order valence-electron chi connectivity index (χ4n) is 2.58. The van der Waals surface area contributed by atoms with Gasteiger partial charge in [0.25, 0.3) is 11.6 Å². The third-order valence-electron chi connectivity index (χ3n) is 3.69. The number of carbonyl (C=O) groups is 1. The van der Waals surface area contributed by atoms with E-state index in [2.05, 4.69) is 10.7 Å². The van der Waals surface area contributed by atoms with Gasteiger partial charge in [-0.2, -0.15) is 11.8 Å². The van der Waals surface area contributed by atoms with Crippen LogP contribution in [0.4, 0.5) is 11.4 Å². The lowest BCUT2D eigenvalue weighted by atomic mass is 10.1. The Balaban J connectivity index is 2.21. The molecule has 4 N–H and O–H groups in total. The van der Waals surface area contributed by atoms with E-state index in [0.29, 0.717) is 10.9 Å². The molecule has 0 spiro atoms. The number of nitrogens with two attached hydrogens (primary N) is 1. The summed E-state index contributed by atoms with van der Waals surface area (Å²) in [5, 5.41) is 14.2. The summed E-state index contributed by atoms with van der Waals surface area (Å²) in [5.41, 5.74) is 2.84. The van der Waals surface area contributed by atoms with Gasteiger partial charge in [0, 0.05) is 23.4 Å². The van der Waals surface area contributed by atoms with Crippen molar-refractivity contribution in [1.29, 1.82) is 0 Å². The summed E-state index contributed by atoms with van der Waals surface area (Å²) in [6, 6.07) is 4.09. The number of non-ortho nitro benzene ring substituents is 1. The summed E-state index contributed by atoms with van der Waals surface area (Å²) >= 11 is 1.73. The SMILES string of the molecule is CSC1CCCC1NC(=O)c1cc([N+](=O)[O-])ccc1NN. The molecule has 1 aromatic rings. The lowest BCUT2D eigenvalue weighted by molar-refractivity contribution is -0.384. The van der Waals surface area contributed by atoms with Crippen molar-refractivity contribution in [3.63, 3.8) is 0 Å². The highest BCUT2D eigenvalue weighted by Crippen LogP contribution is 2.29. The normalized spacial score (nSPS) is 21.0. The van der Waals surface area contributed by atoms with Gasteiger partial charge in [-0.15, -0.1) is 0 Å². The summed E-state index contributed by atoms with van der Waals surface area (Å²) in [7, 11) is 0. The predicted molar refractivity (Wildman–Crippen MR) is 83.3 cm³/mol. The smallest absolute Gasteiger partial charge is 0.270 e. The van der Waals surface area contributed by atoms with Gasteiger partial charge in [0.2, 0.25) is 0 Å². The maximum Gasteiger partial charge on any atom is 0.270 e. The first-order chi connectivity index (χ1) is 10.1. The van der Waals surface area contributed by atoms with Crippen LogP contribution in [-0.2, 0) is 0 Å². The molecule has 2 unspecified atom stereocenters. The minimum atomic E-state index is -0.530. The van der Waals surface area contributed by atoms with Crippen molar-refractivity contribution >= 4 is 29.0 Å². The Kier molecular flexibility index (Phi) is 5.03. The minimum absolute atomic E-state index is 0.0948. The first-order valence-electron chi connectivity index (χ1n) is 6.65. The first-order valence-corrected chi connectivity index (χ1v) is 7.94. The minimum Gasteiger partial charge on any atom is -0.348 e. The number of carbonyl (C=O) groups excluding carboxylic acids is 1. The maximum absolute atomic E-state index is 12.4. The molecule has 8 heteroatoms. The molecule has 1 saturated carbocycles. The number of hydrazine groups is 1. The predicted octanol–water partition coefficient (Wildman–Crippen LogP) is 1.89. The van der Waals surface area contributed by atoms with Gasteiger partial charge in [0.1, 0.15) is 0 Å². The number of hydrogen-bond acceptors (Lipinski definition) is 6. The Bertz CT molecular complexity index is 552. The quantitative estimate of drug-likeness (QED) is 0.435. The van der Waals surface area contributed by atoms with E-state index in [1.165, 1.54) is 18.2 Å². The summed E-state index contributed by atoms with van der Waals surface area (Å²) in [6.45, 7) is 0. The number of benzene rings is 1. The van der Waals surface area contributed by atoms with Crippen molar-refractivity contribution in [3.05, 3.63) is 33.9 Å². The lowest BCUT2D eigenvalue weighted by Gasteiger charge is -2.20. The highest BCUT2D eigenvalue weighted by molar-refractivity contribution is 7.99. The fourth-order valence-corrected chi connectivity index (χ4v) is 3.51. The van der Waals surface area contributed by atoms with E-state index >= 15 is 0 Å². The number of nitrogens with zero attached hydrogens (tertiary/aromatic N) is 1. The molecule has 0 aliphatic heterocycles. The van der Waals surface area contributed by atoms with E-state index in [4.69, 9.17) is 5.84 Å². The first kappa shape index (κ1) is 15.6. The number of anilines is 1. The van der Waals surface area contributed by atoms with Crippen molar-refractivity contribution in [2.75, 3.05) is 11.7 Å². The Morgan fingerprint density at radius 2 is 2.24 bits per heavy atom. The summed E-state index contributed by atoms with van der Waals surface area (Å²) in [6.07, 6.45) is 5.10. The molecule has 21 heavy (non-hydrogen) atoms. The molecule has 1 aliphatic rings. The second kappa shape index (κ2) is 6.77. The molecule has 0 saturated heterocycles. The molecule has 114 valence electrons. The van der Waals surface area contributed by atoms with Crippen LogP contribution in [0, 0.1) is 10.1 Å². The Labute approximate surface area is 126 Å². The summed E-state index contributed by atoms with van der Waals surface area (Å²) in [5.74, 6) is 5.04. The number of hydrogen-bond donors (Lipinski definition) is 3. The van der Waals surface area contributed by atoms with E-state index < -0.39 is 4.92 Å². The number of nitrogen functional groups attached to an aromatic ring is 1. The highest BCUT2D eigenvalue weighted by atomic mass is 32.2. The molecule has 1 aliphatic carbocycles. The standard InChI is InChI=1S/C13H18N4O3S/c1-21-12-4-2-3-11(12)15-13(18)9-7-8(17(19)20)5-6-10(9)16-14/h5-7,11-12,16H,2-4,14H2,1H3,(H,15,18). The topological polar surface area (TPSA) is 110 Å². The van der Waals surface area contributed by atoms with Gasteiger partial charge in [0.05, 0.1) is 16.2 Å². The second-order valence-electron chi connectivity index (χ2n) is 4.92. The average Bonchev–Trinajstić information content (AvgIpc) is 2.93. The van der Waals surface area contributed by atoms with Crippen LogP contribution in [0.15, 0.2) is 18.2 Å². The largest absolute Gasteiger partial charge is 0.348 e. The summed E-state index contributed by atoms with van der Waals surface area (Å²) in [4.78, 5) is 22.7. The number of rotatable bonds is 5. The highest BCUT2D eigenvalue weighted by Gasteiger charge is 2.29. The van der Waals surface area contributed by atoms with E-state index in [-0.39, 0.29) is 23.2 Å². The summed E-state index contributed by atoms with van der Waals surface area (Å²) < 4.78 is 0. The van der Waals surface area contributed by atoms with Crippen LogP contribution in [0.2, 0.25) is 0 Å². The number of amides is 1. The Hall–Kier alpha value is -1.80. The van der Waals surface area contributed by atoms with Crippen molar-refractivity contribution in [3.8, 4) is 0 Å². The Morgan fingerprint density at radius 1 is 1.48 bits per heavy atom. The molecule has 2 atom stereocenters. The van der Waals surface area contributed by atoms with Gasteiger partial charge in [-0.1, -0.05) is 6.42 Å². The molecule has 1 aromatic carbocycles. The van der Waals surface area contributed by atoms with Gasteiger partial charge < -0.3 is 10.7 Å². The number of nitro groups is 1. The molecule has 0 aromatic heterocycles. The van der Waals surface area contributed by atoms with Crippen molar-refractivity contribution in [1.82, 2.24) is 5.32 Å². The van der Waals surface area contributed by atoms with Gasteiger partial charge in [-0.3, -0.25) is 20.8 Å². The molecule has 1 fully saturated rings. The van der Waals surface area contributed by atoms with E-state index in [1.807, 2.05) is 6.26 Å². The van der Waals surface area contributed by atoms with E-state index in [0.717, 1.165) is 19.3 Å². The molecule has 2 rings (SSSR count).